The van der Waals surface area contributed by atoms with Gasteiger partial charge in [-0.1, -0.05) is 60.2 Å². The minimum atomic E-state index is 0.192. The van der Waals surface area contributed by atoms with E-state index in [1.54, 1.807) is 0 Å². The maximum Gasteiger partial charge on any atom is 0.227 e. The van der Waals surface area contributed by atoms with Crippen LogP contribution in [0.4, 0.5) is 5.95 Å². The molecule has 0 atom stereocenters. The van der Waals surface area contributed by atoms with Gasteiger partial charge in [-0.25, -0.2) is 4.98 Å². The monoisotopic (exact) mass is 410 g/mol. The van der Waals surface area contributed by atoms with Gasteiger partial charge in [-0.2, -0.15) is 0 Å². The highest BCUT2D eigenvalue weighted by molar-refractivity contribution is 5.90. The second kappa shape index (κ2) is 8.26. The molecule has 31 heavy (non-hydrogen) atoms. The fourth-order valence-electron chi connectivity index (χ4n) is 4.31. The third-order valence-electron chi connectivity index (χ3n) is 6.07. The van der Waals surface area contributed by atoms with E-state index in [1.165, 1.54) is 10.9 Å². The Hall–Kier alpha value is -3.60. The Bertz CT molecular complexity index is 1200. The number of carbonyl (C=O) groups is 1. The summed E-state index contributed by atoms with van der Waals surface area (Å²) in [6.07, 6.45) is 4.28. The molecule has 0 spiro atoms. The molecule has 2 heterocycles. The third kappa shape index (κ3) is 3.91. The minimum absolute atomic E-state index is 0.192. The summed E-state index contributed by atoms with van der Waals surface area (Å²) in [5.41, 5.74) is 3.44. The Labute approximate surface area is 182 Å². The van der Waals surface area contributed by atoms with Crippen molar-refractivity contribution in [2.75, 3.05) is 31.1 Å². The summed E-state index contributed by atoms with van der Waals surface area (Å²) in [5.74, 6) is 1.13. The average Bonchev–Trinajstić information content (AvgIpc) is 3.30. The molecule has 0 aliphatic carbocycles. The zero-order valence-corrected chi connectivity index (χ0v) is 17.7. The lowest BCUT2D eigenvalue weighted by atomic mass is 10.0. The largest absolute Gasteiger partial charge is 0.339 e. The molecule has 1 aromatic heterocycles. The first-order chi connectivity index (χ1) is 15.2. The van der Waals surface area contributed by atoms with Gasteiger partial charge in [0.2, 0.25) is 11.9 Å². The van der Waals surface area contributed by atoms with Crippen LogP contribution in [0.15, 0.2) is 79.1 Å². The van der Waals surface area contributed by atoms with Crippen LogP contribution in [0.25, 0.3) is 16.5 Å². The minimum Gasteiger partial charge on any atom is -0.339 e. The molecule has 156 valence electrons. The van der Waals surface area contributed by atoms with Crippen LogP contribution >= 0.6 is 0 Å². The molecule has 5 rings (SSSR count). The normalized spacial score (nSPS) is 14.2. The van der Waals surface area contributed by atoms with Gasteiger partial charge in [-0.15, -0.1) is 0 Å². The Kier molecular flexibility index (Phi) is 5.16. The number of amides is 1. The highest BCUT2D eigenvalue weighted by atomic mass is 16.2. The Morgan fingerprint density at radius 1 is 0.903 bits per heavy atom. The molecule has 0 N–H and O–H groups in total. The SMILES string of the molecule is Cc1ccc(-n2ccnc2N2CCN(C(=O)Cc3cccc4ccccc34)CC2)cc1. The molecular weight excluding hydrogens is 384 g/mol. The fraction of sp³-hybridized carbons (Fsp3) is 0.231. The second-order valence-corrected chi connectivity index (χ2v) is 8.12. The fourth-order valence-corrected chi connectivity index (χ4v) is 4.31. The van der Waals surface area contributed by atoms with E-state index in [1.807, 2.05) is 35.5 Å². The van der Waals surface area contributed by atoms with E-state index in [4.69, 9.17) is 0 Å². The number of nitrogens with zero attached hydrogens (tertiary/aromatic N) is 4. The number of fused-ring (bicyclic) bond motifs is 1. The van der Waals surface area contributed by atoms with Crippen LogP contribution in [0, 0.1) is 6.92 Å². The van der Waals surface area contributed by atoms with Crippen molar-refractivity contribution in [1.29, 1.82) is 0 Å². The Morgan fingerprint density at radius 3 is 2.45 bits per heavy atom. The molecule has 5 heteroatoms. The number of rotatable bonds is 4. The van der Waals surface area contributed by atoms with Gasteiger partial charge in [0.15, 0.2) is 0 Å². The molecule has 1 aliphatic heterocycles. The maximum atomic E-state index is 13.0. The zero-order chi connectivity index (χ0) is 21.2. The summed E-state index contributed by atoms with van der Waals surface area (Å²) in [4.78, 5) is 21.9. The lowest BCUT2D eigenvalue weighted by Crippen LogP contribution is -2.49. The van der Waals surface area contributed by atoms with Gasteiger partial charge < -0.3 is 9.80 Å². The van der Waals surface area contributed by atoms with Crippen LogP contribution in [0.2, 0.25) is 0 Å². The van der Waals surface area contributed by atoms with Gasteiger partial charge in [-0.3, -0.25) is 9.36 Å². The molecular formula is C26H26N4O. The van der Waals surface area contributed by atoms with E-state index >= 15 is 0 Å². The first kappa shape index (κ1) is 19.4. The van der Waals surface area contributed by atoms with Crippen LogP contribution in [-0.2, 0) is 11.2 Å². The average molecular weight is 411 g/mol. The number of imidazole rings is 1. The lowest BCUT2D eigenvalue weighted by Gasteiger charge is -2.35. The van der Waals surface area contributed by atoms with E-state index in [2.05, 4.69) is 69.9 Å². The number of carbonyl (C=O) groups excluding carboxylic acids is 1. The van der Waals surface area contributed by atoms with Crippen molar-refractivity contribution in [1.82, 2.24) is 14.5 Å². The van der Waals surface area contributed by atoms with Crippen LogP contribution in [-0.4, -0.2) is 46.5 Å². The molecule has 1 aliphatic rings. The first-order valence-electron chi connectivity index (χ1n) is 10.8. The van der Waals surface area contributed by atoms with E-state index < -0.39 is 0 Å². The van der Waals surface area contributed by atoms with Gasteiger partial charge in [0, 0.05) is 44.3 Å². The molecule has 1 saturated heterocycles. The number of piperazine rings is 1. The van der Waals surface area contributed by atoms with Crippen molar-refractivity contribution < 1.29 is 4.79 Å². The predicted octanol–water partition coefficient (Wildman–Crippen LogP) is 4.23. The second-order valence-electron chi connectivity index (χ2n) is 8.12. The third-order valence-corrected chi connectivity index (χ3v) is 6.07. The number of hydrogen-bond acceptors (Lipinski definition) is 3. The highest BCUT2D eigenvalue weighted by Gasteiger charge is 2.24. The molecule has 0 radical (unpaired) electrons. The predicted molar refractivity (Wildman–Crippen MR) is 125 cm³/mol. The van der Waals surface area contributed by atoms with Crippen molar-refractivity contribution >= 4 is 22.6 Å². The number of aryl methyl sites for hydroxylation is 1. The van der Waals surface area contributed by atoms with E-state index in [0.717, 1.165) is 35.7 Å². The molecule has 0 saturated carbocycles. The molecule has 3 aromatic carbocycles. The summed E-state index contributed by atoms with van der Waals surface area (Å²) < 4.78 is 2.12. The van der Waals surface area contributed by atoms with Gasteiger partial charge in [0.05, 0.1) is 6.42 Å². The lowest BCUT2D eigenvalue weighted by molar-refractivity contribution is -0.130. The smallest absolute Gasteiger partial charge is 0.227 e. The van der Waals surface area contributed by atoms with Gasteiger partial charge in [0.25, 0.3) is 0 Å². The number of aromatic nitrogens is 2. The maximum absolute atomic E-state index is 13.0. The Balaban J connectivity index is 1.26. The van der Waals surface area contributed by atoms with Gasteiger partial charge in [0.1, 0.15) is 0 Å². The summed E-state index contributed by atoms with van der Waals surface area (Å²) in [6, 6.07) is 22.9. The summed E-state index contributed by atoms with van der Waals surface area (Å²) in [7, 11) is 0. The van der Waals surface area contributed by atoms with Crippen molar-refractivity contribution in [3.63, 3.8) is 0 Å². The molecule has 0 unspecified atom stereocenters. The summed E-state index contributed by atoms with van der Waals surface area (Å²) in [6.45, 7) is 5.08. The van der Waals surface area contributed by atoms with Gasteiger partial charge >= 0.3 is 0 Å². The van der Waals surface area contributed by atoms with E-state index in [9.17, 15) is 4.79 Å². The van der Waals surface area contributed by atoms with Crippen molar-refractivity contribution in [2.45, 2.75) is 13.3 Å². The van der Waals surface area contributed by atoms with E-state index in [0.29, 0.717) is 19.5 Å². The molecule has 0 bridgehead atoms. The molecule has 5 nitrogen and oxygen atoms in total. The first-order valence-corrected chi connectivity index (χ1v) is 10.8. The van der Waals surface area contributed by atoms with Gasteiger partial charge in [-0.05, 0) is 35.4 Å². The number of hydrogen-bond donors (Lipinski definition) is 0. The highest BCUT2D eigenvalue weighted by Crippen LogP contribution is 2.22. The Morgan fingerprint density at radius 2 is 1.65 bits per heavy atom. The zero-order valence-electron chi connectivity index (χ0n) is 17.7. The summed E-state index contributed by atoms with van der Waals surface area (Å²) >= 11 is 0. The number of benzene rings is 3. The van der Waals surface area contributed by atoms with Crippen molar-refractivity contribution in [2.24, 2.45) is 0 Å². The van der Waals surface area contributed by atoms with Crippen molar-refractivity contribution in [3.05, 3.63) is 90.3 Å². The van der Waals surface area contributed by atoms with Crippen LogP contribution < -0.4 is 4.90 Å². The number of anilines is 1. The van der Waals surface area contributed by atoms with E-state index in [-0.39, 0.29) is 5.91 Å². The van der Waals surface area contributed by atoms with Crippen LogP contribution in [0.1, 0.15) is 11.1 Å². The molecule has 1 amide bonds. The van der Waals surface area contributed by atoms with Crippen LogP contribution in [0.5, 0.6) is 0 Å². The van der Waals surface area contributed by atoms with Crippen LogP contribution in [0.3, 0.4) is 0 Å². The summed E-state index contributed by atoms with van der Waals surface area (Å²) in [5, 5.41) is 2.35. The standard InChI is InChI=1S/C26H26N4O/c1-20-9-11-23(12-10-20)30-14-13-27-26(30)29-17-15-28(16-18-29)25(31)19-22-7-4-6-21-5-2-3-8-24(21)22/h2-14H,15-19H2,1H3. The molecule has 4 aromatic rings. The molecule has 1 fully saturated rings. The van der Waals surface area contributed by atoms with Crippen molar-refractivity contribution in [3.8, 4) is 5.69 Å². The quantitative estimate of drug-likeness (QED) is 0.506. The topological polar surface area (TPSA) is 41.4 Å².